The molecular weight excluding hydrogens is 328 g/mol. The summed E-state index contributed by atoms with van der Waals surface area (Å²) in [5.41, 5.74) is 3.40. The Balaban J connectivity index is 1.29. The van der Waals surface area contributed by atoms with Gasteiger partial charge in [-0.3, -0.25) is 4.79 Å². The number of fused-ring (bicyclic) bond motifs is 1. The first kappa shape index (κ1) is 16.8. The van der Waals surface area contributed by atoms with Gasteiger partial charge in [-0.1, -0.05) is 18.2 Å². The summed E-state index contributed by atoms with van der Waals surface area (Å²) >= 11 is 0. The number of amides is 1. The Morgan fingerprint density at radius 1 is 1.12 bits per heavy atom. The van der Waals surface area contributed by atoms with E-state index in [1.165, 1.54) is 11.3 Å². The molecule has 2 aliphatic heterocycles. The summed E-state index contributed by atoms with van der Waals surface area (Å²) in [4.78, 5) is 21.0. The van der Waals surface area contributed by atoms with Crippen molar-refractivity contribution >= 4 is 17.4 Å². The minimum atomic E-state index is 0.0287. The number of nitrogens with zero attached hydrogens (tertiary/aromatic N) is 3. The van der Waals surface area contributed by atoms with Crippen LogP contribution in [0.2, 0.25) is 0 Å². The monoisotopic (exact) mass is 352 g/mol. The van der Waals surface area contributed by atoms with Crippen LogP contribution in [0, 0.1) is 0 Å². The van der Waals surface area contributed by atoms with Crippen LogP contribution in [0.4, 0.5) is 11.5 Å². The van der Waals surface area contributed by atoms with Gasteiger partial charge in [0.1, 0.15) is 5.82 Å². The molecular formula is C20H24N4O2. The van der Waals surface area contributed by atoms with Gasteiger partial charge in [0.2, 0.25) is 0 Å². The molecule has 1 amide bonds. The fraction of sp³-hybridized carbons (Fsp3) is 0.400. The van der Waals surface area contributed by atoms with Gasteiger partial charge in [0.05, 0.1) is 18.8 Å². The molecule has 0 saturated carbocycles. The van der Waals surface area contributed by atoms with E-state index in [-0.39, 0.29) is 5.91 Å². The molecule has 1 N–H and O–H groups in total. The molecule has 3 heterocycles. The lowest BCUT2D eigenvalue weighted by molar-refractivity contribution is 0.0302. The van der Waals surface area contributed by atoms with Crippen LogP contribution < -0.4 is 10.2 Å². The second-order valence-electron chi connectivity index (χ2n) is 6.63. The van der Waals surface area contributed by atoms with Gasteiger partial charge in [0.15, 0.2) is 0 Å². The first-order chi connectivity index (χ1) is 12.8. The van der Waals surface area contributed by atoms with Crippen LogP contribution in [0.1, 0.15) is 15.9 Å². The predicted octanol–water partition coefficient (Wildman–Crippen LogP) is 2.03. The summed E-state index contributed by atoms with van der Waals surface area (Å²) in [7, 11) is 0. The number of ether oxygens (including phenoxy) is 1. The molecule has 0 atom stereocenters. The van der Waals surface area contributed by atoms with Gasteiger partial charge in [-0.25, -0.2) is 4.98 Å². The molecule has 2 aliphatic rings. The Morgan fingerprint density at radius 2 is 1.96 bits per heavy atom. The highest BCUT2D eigenvalue weighted by Crippen LogP contribution is 2.26. The fourth-order valence-corrected chi connectivity index (χ4v) is 3.53. The minimum absolute atomic E-state index is 0.0287. The zero-order valence-corrected chi connectivity index (χ0v) is 14.9. The molecule has 1 aromatic heterocycles. The van der Waals surface area contributed by atoms with Crippen molar-refractivity contribution in [3.8, 4) is 0 Å². The molecule has 0 bridgehead atoms. The quantitative estimate of drug-likeness (QED) is 0.892. The third kappa shape index (κ3) is 3.65. The SMILES string of the molecule is O=C(c1ccc(NCCN2CCc3ccccc32)nc1)N1CCOCC1. The number of rotatable bonds is 5. The molecule has 136 valence electrons. The van der Waals surface area contributed by atoms with Crippen molar-refractivity contribution in [2.75, 3.05) is 56.2 Å². The van der Waals surface area contributed by atoms with Crippen molar-refractivity contribution < 1.29 is 9.53 Å². The Hall–Kier alpha value is -2.60. The molecule has 0 spiro atoms. The third-order valence-electron chi connectivity index (χ3n) is 4.98. The summed E-state index contributed by atoms with van der Waals surface area (Å²) in [5, 5.41) is 3.35. The van der Waals surface area contributed by atoms with Crippen LogP contribution >= 0.6 is 0 Å². The summed E-state index contributed by atoms with van der Waals surface area (Å²) < 4.78 is 5.29. The number of hydrogen-bond donors (Lipinski definition) is 1. The fourth-order valence-electron chi connectivity index (χ4n) is 3.53. The summed E-state index contributed by atoms with van der Waals surface area (Å²) in [6, 6.07) is 12.3. The summed E-state index contributed by atoms with van der Waals surface area (Å²) in [6.07, 6.45) is 2.78. The molecule has 1 aromatic carbocycles. The number of carbonyl (C=O) groups excluding carboxylic acids is 1. The van der Waals surface area contributed by atoms with Crippen molar-refractivity contribution in [1.29, 1.82) is 0 Å². The molecule has 0 aliphatic carbocycles. The van der Waals surface area contributed by atoms with E-state index in [2.05, 4.69) is 39.5 Å². The van der Waals surface area contributed by atoms with E-state index < -0.39 is 0 Å². The zero-order valence-electron chi connectivity index (χ0n) is 14.9. The van der Waals surface area contributed by atoms with Crippen LogP contribution in [0.15, 0.2) is 42.6 Å². The number of carbonyl (C=O) groups is 1. The van der Waals surface area contributed by atoms with E-state index in [1.54, 1.807) is 6.20 Å². The molecule has 2 aromatic rings. The number of nitrogens with one attached hydrogen (secondary N) is 1. The summed E-state index contributed by atoms with van der Waals surface area (Å²) in [5.74, 6) is 0.831. The lowest BCUT2D eigenvalue weighted by Crippen LogP contribution is -2.40. The van der Waals surface area contributed by atoms with E-state index in [4.69, 9.17) is 4.74 Å². The summed E-state index contributed by atoms with van der Waals surface area (Å²) in [6.45, 7) is 5.34. The van der Waals surface area contributed by atoms with E-state index in [9.17, 15) is 4.79 Å². The highest BCUT2D eigenvalue weighted by atomic mass is 16.5. The number of pyridine rings is 1. The maximum absolute atomic E-state index is 12.4. The molecule has 6 nitrogen and oxygen atoms in total. The van der Waals surface area contributed by atoms with Crippen molar-refractivity contribution in [2.24, 2.45) is 0 Å². The smallest absolute Gasteiger partial charge is 0.255 e. The lowest BCUT2D eigenvalue weighted by atomic mass is 10.2. The third-order valence-corrected chi connectivity index (χ3v) is 4.98. The average molecular weight is 352 g/mol. The van der Waals surface area contributed by atoms with Crippen LogP contribution in [0.5, 0.6) is 0 Å². The Morgan fingerprint density at radius 3 is 2.77 bits per heavy atom. The van der Waals surface area contributed by atoms with E-state index in [0.717, 1.165) is 31.9 Å². The molecule has 0 unspecified atom stereocenters. The Bertz CT molecular complexity index is 757. The van der Waals surface area contributed by atoms with Gasteiger partial charge in [-0.15, -0.1) is 0 Å². The van der Waals surface area contributed by atoms with Crippen LogP contribution in [-0.4, -0.2) is 61.7 Å². The van der Waals surface area contributed by atoms with Gasteiger partial charge in [-0.05, 0) is 30.2 Å². The Labute approximate surface area is 153 Å². The van der Waals surface area contributed by atoms with E-state index in [1.807, 2.05) is 17.0 Å². The first-order valence-electron chi connectivity index (χ1n) is 9.21. The number of para-hydroxylation sites is 1. The maximum atomic E-state index is 12.4. The molecule has 1 saturated heterocycles. The van der Waals surface area contributed by atoms with Crippen molar-refractivity contribution in [1.82, 2.24) is 9.88 Å². The first-order valence-corrected chi connectivity index (χ1v) is 9.21. The highest BCUT2D eigenvalue weighted by molar-refractivity contribution is 5.94. The number of anilines is 2. The second kappa shape index (κ2) is 7.74. The molecule has 6 heteroatoms. The Kier molecular flexibility index (Phi) is 5.02. The number of morpholine rings is 1. The minimum Gasteiger partial charge on any atom is -0.378 e. The molecule has 1 fully saturated rings. The lowest BCUT2D eigenvalue weighted by Gasteiger charge is -2.26. The van der Waals surface area contributed by atoms with E-state index >= 15 is 0 Å². The second-order valence-corrected chi connectivity index (χ2v) is 6.63. The van der Waals surface area contributed by atoms with Crippen LogP contribution in [0.3, 0.4) is 0 Å². The van der Waals surface area contributed by atoms with Gasteiger partial charge in [0, 0.05) is 44.6 Å². The molecule has 4 rings (SSSR count). The van der Waals surface area contributed by atoms with E-state index in [0.29, 0.717) is 31.9 Å². The molecule has 26 heavy (non-hydrogen) atoms. The van der Waals surface area contributed by atoms with Gasteiger partial charge in [0.25, 0.3) is 5.91 Å². The number of benzene rings is 1. The van der Waals surface area contributed by atoms with Gasteiger partial charge < -0.3 is 19.9 Å². The van der Waals surface area contributed by atoms with Crippen molar-refractivity contribution in [3.63, 3.8) is 0 Å². The average Bonchev–Trinajstić information content (AvgIpc) is 3.12. The normalized spacial score (nSPS) is 16.5. The van der Waals surface area contributed by atoms with Crippen LogP contribution in [-0.2, 0) is 11.2 Å². The number of aromatic nitrogens is 1. The number of hydrogen-bond acceptors (Lipinski definition) is 5. The topological polar surface area (TPSA) is 57.7 Å². The van der Waals surface area contributed by atoms with Gasteiger partial charge >= 0.3 is 0 Å². The standard InChI is InChI=1S/C20H24N4O2/c25-20(24-11-13-26-14-12-24)17-5-6-19(22-15-17)21-8-10-23-9-7-16-3-1-2-4-18(16)23/h1-6,15H,7-14H2,(H,21,22). The van der Waals surface area contributed by atoms with Crippen molar-refractivity contribution in [3.05, 3.63) is 53.7 Å². The van der Waals surface area contributed by atoms with Gasteiger partial charge in [-0.2, -0.15) is 0 Å². The largest absolute Gasteiger partial charge is 0.378 e. The zero-order chi connectivity index (χ0) is 17.8. The highest BCUT2D eigenvalue weighted by Gasteiger charge is 2.19. The maximum Gasteiger partial charge on any atom is 0.255 e. The molecule has 0 radical (unpaired) electrons. The van der Waals surface area contributed by atoms with Crippen LogP contribution in [0.25, 0.3) is 0 Å². The van der Waals surface area contributed by atoms with Crippen molar-refractivity contribution in [2.45, 2.75) is 6.42 Å². The predicted molar refractivity (Wildman–Crippen MR) is 102 cm³/mol.